The number of rotatable bonds is 4. The van der Waals surface area contributed by atoms with E-state index >= 15 is 0 Å². The summed E-state index contributed by atoms with van der Waals surface area (Å²) in [5.41, 5.74) is 2.88. The molecule has 3 N–H and O–H groups in total. The van der Waals surface area contributed by atoms with Gasteiger partial charge in [-0.3, -0.25) is 4.79 Å². The smallest absolute Gasteiger partial charge is 0.279 e. The maximum Gasteiger partial charge on any atom is 0.279 e. The molecule has 1 aromatic rings. The Bertz CT molecular complexity index is 485. The molecule has 3 nitrogen and oxygen atoms in total. The molecule has 0 aromatic heterocycles. The van der Waals surface area contributed by atoms with Crippen molar-refractivity contribution in [2.75, 3.05) is 11.9 Å². The molecule has 1 amide bonds. The summed E-state index contributed by atoms with van der Waals surface area (Å²) in [5.74, 6) is 0.0379. The molecule has 1 aromatic carbocycles. The van der Waals surface area contributed by atoms with Gasteiger partial charge in [0.15, 0.2) is 6.54 Å². The van der Waals surface area contributed by atoms with Gasteiger partial charge < -0.3 is 10.6 Å². The molecule has 0 atom stereocenters. The van der Waals surface area contributed by atoms with E-state index in [9.17, 15) is 4.79 Å². The number of aryl methyl sites for hydroxylation is 2. The lowest BCUT2D eigenvalue weighted by molar-refractivity contribution is -0.680. The Kier molecular flexibility index (Phi) is 6.71. The second-order valence-electron chi connectivity index (χ2n) is 6.53. The van der Waals surface area contributed by atoms with Crippen molar-refractivity contribution in [2.45, 2.75) is 64.8 Å². The first-order valence-corrected chi connectivity index (χ1v) is 8.84. The van der Waals surface area contributed by atoms with Crippen LogP contribution in [-0.2, 0) is 4.79 Å². The second-order valence-corrected chi connectivity index (χ2v) is 6.94. The highest BCUT2D eigenvalue weighted by molar-refractivity contribution is 6.34. The van der Waals surface area contributed by atoms with E-state index in [4.69, 9.17) is 11.6 Å². The Morgan fingerprint density at radius 2 is 1.82 bits per heavy atom. The van der Waals surface area contributed by atoms with E-state index in [0.717, 1.165) is 16.8 Å². The van der Waals surface area contributed by atoms with E-state index in [-0.39, 0.29) is 5.91 Å². The molecule has 0 spiro atoms. The molecular weight excluding hydrogens is 296 g/mol. The third-order valence-corrected chi connectivity index (χ3v) is 4.78. The lowest BCUT2D eigenvalue weighted by atomic mass is 9.97. The molecule has 0 bridgehead atoms. The first-order chi connectivity index (χ1) is 10.6. The van der Waals surface area contributed by atoms with Crippen LogP contribution in [0.4, 0.5) is 5.69 Å². The minimum Gasteiger partial charge on any atom is -0.336 e. The summed E-state index contributed by atoms with van der Waals surface area (Å²) in [7, 11) is 0. The van der Waals surface area contributed by atoms with Crippen molar-refractivity contribution in [1.29, 1.82) is 0 Å². The topological polar surface area (TPSA) is 45.7 Å². The summed E-state index contributed by atoms with van der Waals surface area (Å²) in [6.45, 7) is 4.47. The van der Waals surface area contributed by atoms with Gasteiger partial charge in [0, 0.05) is 0 Å². The van der Waals surface area contributed by atoms with Crippen molar-refractivity contribution in [1.82, 2.24) is 0 Å². The van der Waals surface area contributed by atoms with E-state index < -0.39 is 0 Å². The van der Waals surface area contributed by atoms with Crippen LogP contribution >= 0.6 is 11.6 Å². The molecule has 0 saturated heterocycles. The summed E-state index contributed by atoms with van der Waals surface area (Å²) in [6.07, 6.45) is 9.12. The van der Waals surface area contributed by atoms with Crippen molar-refractivity contribution in [3.8, 4) is 0 Å². The van der Waals surface area contributed by atoms with Gasteiger partial charge in [0.2, 0.25) is 0 Å². The van der Waals surface area contributed by atoms with Gasteiger partial charge in [-0.2, -0.15) is 0 Å². The Hall–Kier alpha value is -1.06. The van der Waals surface area contributed by atoms with Gasteiger partial charge in [0.05, 0.1) is 16.8 Å². The van der Waals surface area contributed by atoms with Gasteiger partial charge in [-0.25, -0.2) is 0 Å². The molecule has 22 heavy (non-hydrogen) atoms. The monoisotopic (exact) mass is 323 g/mol. The Morgan fingerprint density at radius 1 is 1.18 bits per heavy atom. The molecule has 1 fully saturated rings. The minimum absolute atomic E-state index is 0.0379. The van der Waals surface area contributed by atoms with Crippen LogP contribution in [0.15, 0.2) is 12.1 Å². The fraction of sp³-hybridized carbons (Fsp3) is 0.611. The Labute approximate surface area is 138 Å². The SMILES string of the molecule is Cc1cc(C)c(NC(=O)C[NH2+]C2CCCCCCC2)c(Cl)c1. The summed E-state index contributed by atoms with van der Waals surface area (Å²) in [4.78, 5) is 12.2. The van der Waals surface area contributed by atoms with Crippen LogP contribution < -0.4 is 10.6 Å². The number of quaternary nitrogens is 1. The average molecular weight is 324 g/mol. The number of nitrogens with two attached hydrogens (primary N) is 1. The molecule has 0 heterocycles. The van der Waals surface area contributed by atoms with Gasteiger partial charge in [-0.1, -0.05) is 36.9 Å². The van der Waals surface area contributed by atoms with E-state index in [1.807, 2.05) is 26.0 Å². The van der Waals surface area contributed by atoms with Crippen LogP contribution in [0.2, 0.25) is 5.02 Å². The van der Waals surface area contributed by atoms with Gasteiger partial charge >= 0.3 is 0 Å². The summed E-state index contributed by atoms with van der Waals surface area (Å²) >= 11 is 6.24. The zero-order valence-electron chi connectivity index (χ0n) is 13.8. The van der Waals surface area contributed by atoms with Crippen molar-refractivity contribution in [3.63, 3.8) is 0 Å². The van der Waals surface area contributed by atoms with E-state index in [1.165, 1.54) is 44.9 Å². The molecule has 122 valence electrons. The van der Waals surface area contributed by atoms with Crippen LogP contribution in [0.1, 0.15) is 56.1 Å². The van der Waals surface area contributed by atoms with Crippen LogP contribution in [0, 0.1) is 13.8 Å². The normalized spacial score (nSPS) is 16.9. The number of hydrogen-bond donors (Lipinski definition) is 2. The fourth-order valence-electron chi connectivity index (χ4n) is 3.26. The number of carbonyl (C=O) groups excluding carboxylic acids is 1. The molecule has 0 aliphatic heterocycles. The average Bonchev–Trinajstić information content (AvgIpc) is 2.41. The third-order valence-electron chi connectivity index (χ3n) is 4.48. The van der Waals surface area contributed by atoms with Gasteiger partial charge in [-0.05, 0) is 56.7 Å². The number of amides is 1. The predicted molar refractivity (Wildman–Crippen MR) is 92.5 cm³/mol. The molecule has 1 aliphatic carbocycles. The van der Waals surface area contributed by atoms with Crippen molar-refractivity contribution in [3.05, 3.63) is 28.3 Å². The van der Waals surface area contributed by atoms with Gasteiger partial charge in [-0.15, -0.1) is 0 Å². The maximum absolute atomic E-state index is 12.2. The van der Waals surface area contributed by atoms with Gasteiger partial charge in [0.25, 0.3) is 5.91 Å². The first kappa shape index (κ1) is 17.3. The number of nitrogens with one attached hydrogen (secondary N) is 1. The molecular formula is C18H28ClN2O+. The zero-order valence-corrected chi connectivity index (χ0v) is 14.5. The Balaban J connectivity index is 1.85. The predicted octanol–water partition coefficient (Wildman–Crippen LogP) is 3.57. The highest BCUT2D eigenvalue weighted by Crippen LogP contribution is 2.27. The largest absolute Gasteiger partial charge is 0.336 e. The fourth-order valence-corrected chi connectivity index (χ4v) is 3.63. The van der Waals surface area contributed by atoms with Crippen molar-refractivity contribution >= 4 is 23.2 Å². The summed E-state index contributed by atoms with van der Waals surface area (Å²) in [6, 6.07) is 4.53. The number of halogens is 1. The number of anilines is 1. The van der Waals surface area contributed by atoms with Crippen LogP contribution in [0.5, 0.6) is 0 Å². The van der Waals surface area contributed by atoms with Crippen molar-refractivity contribution in [2.24, 2.45) is 0 Å². The molecule has 1 saturated carbocycles. The lowest BCUT2D eigenvalue weighted by Gasteiger charge is -2.18. The van der Waals surface area contributed by atoms with E-state index in [0.29, 0.717) is 17.6 Å². The highest BCUT2D eigenvalue weighted by atomic mass is 35.5. The zero-order chi connectivity index (χ0) is 15.9. The molecule has 4 heteroatoms. The standard InChI is InChI=1S/C18H27ClN2O/c1-13-10-14(2)18(16(19)11-13)21-17(22)12-20-15-8-6-4-3-5-7-9-15/h10-11,15,20H,3-9,12H2,1-2H3,(H,21,22)/p+1. The van der Waals surface area contributed by atoms with E-state index in [1.54, 1.807) is 0 Å². The van der Waals surface area contributed by atoms with Crippen LogP contribution in [0.25, 0.3) is 0 Å². The number of carbonyl (C=O) groups is 1. The lowest BCUT2D eigenvalue weighted by Crippen LogP contribution is -2.91. The molecule has 0 radical (unpaired) electrons. The van der Waals surface area contributed by atoms with E-state index in [2.05, 4.69) is 10.6 Å². The summed E-state index contributed by atoms with van der Waals surface area (Å²) < 4.78 is 0. The summed E-state index contributed by atoms with van der Waals surface area (Å²) in [5, 5.41) is 5.80. The Morgan fingerprint density at radius 3 is 2.45 bits per heavy atom. The van der Waals surface area contributed by atoms with Crippen LogP contribution in [0.3, 0.4) is 0 Å². The molecule has 2 rings (SSSR count). The first-order valence-electron chi connectivity index (χ1n) is 8.46. The minimum atomic E-state index is 0.0379. The third kappa shape index (κ3) is 5.29. The quantitative estimate of drug-likeness (QED) is 0.874. The van der Waals surface area contributed by atoms with Gasteiger partial charge in [0.1, 0.15) is 0 Å². The van der Waals surface area contributed by atoms with Crippen molar-refractivity contribution < 1.29 is 10.1 Å². The van der Waals surface area contributed by atoms with Crippen LogP contribution in [-0.4, -0.2) is 18.5 Å². The number of hydrogen-bond acceptors (Lipinski definition) is 1. The molecule has 0 unspecified atom stereocenters. The highest BCUT2D eigenvalue weighted by Gasteiger charge is 2.16. The second kappa shape index (κ2) is 8.54. The number of benzene rings is 1. The molecule has 1 aliphatic rings. The maximum atomic E-state index is 12.2.